The number of benzene rings is 2. The molecule has 0 radical (unpaired) electrons. The highest BCUT2D eigenvalue weighted by molar-refractivity contribution is 8.01. The Hall–Kier alpha value is -2.94. The SMILES string of the molecule is C[C@@H](OC(=O)C[C@@H]1Sc2ccccc2NC1=O)C(=O)Nc1ccc(F)c(F)c1. The number of hydrogen-bond acceptors (Lipinski definition) is 5. The maximum Gasteiger partial charge on any atom is 0.308 e. The van der Waals surface area contributed by atoms with Crippen LogP contribution in [0.15, 0.2) is 47.4 Å². The number of carbonyl (C=O) groups is 3. The maximum atomic E-state index is 13.2. The number of anilines is 2. The molecular formula is C19H16F2N2O4S. The standard InChI is InChI=1S/C19H16F2N2O4S/c1-10(18(25)22-11-6-7-12(20)13(21)8-11)27-17(24)9-16-19(26)23-14-4-2-3-5-15(14)28-16/h2-8,10,16H,9H2,1H3,(H,22,25)(H,23,26)/t10-,16+/m1/s1. The van der Waals surface area contributed by atoms with Gasteiger partial charge in [0.1, 0.15) is 0 Å². The highest BCUT2D eigenvalue weighted by Crippen LogP contribution is 2.36. The highest BCUT2D eigenvalue weighted by Gasteiger charge is 2.30. The molecule has 1 aliphatic heterocycles. The van der Waals surface area contributed by atoms with Crippen molar-refractivity contribution in [1.82, 2.24) is 0 Å². The Labute approximate surface area is 163 Å². The maximum absolute atomic E-state index is 13.2. The summed E-state index contributed by atoms with van der Waals surface area (Å²) < 4.78 is 31.2. The summed E-state index contributed by atoms with van der Waals surface area (Å²) in [5, 5.41) is 4.38. The van der Waals surface area contributed by atoms with E-state index in [0.717, 1.165) is 17.0 Å². The lowest BCUT2D eigenvalue weighted by Gasteiger charge is -2.23. The average molecular weight is 406 g/mol. The minimum atomic E-state index is -1.18. The molecule has 2 aromatic rings. The van der Waals surface area contributed by atoms with Crippen LogP contribution in [0.25, 0.3) is 0 Å². The van der Waals surface area contributed by atoms with Crippen molar-refractivity contribution in [2.24, 2.45) is 0 Å². The molecule has 0 fully saturated rings. The molecule has 0 bridgehead atoms. The Kier molecular flexibility index (Phi) is 5.93. The number of rotatable bonds is 5. The first-order valence-corrected chi connectivity index (χ1v) is 9.23. The zero-order valence-corrected chi connectivity index (χ0v) is 15.5. The van der Waals surface area contributed by atoms with Crippen LogP contribution in [0.3, 0.4) is 0 Å². The van der Waals surface area contributed by atoms with Gasteiger partial charge in [0.15, 0.2) is 17.7 Å². The Balaban J connectivity index is 1.54. The van der Waals surface area contributed by atoms with Gasteiger partial charge in [0.05, 0.1) is 17.4 Å². The van der Waals surface area contributed by atoms with E-state index in [-0.39, 0.29) is 18.0 Å². The van der Waals surface area contributed by atoms with Crippen molar-refractivity contribution in [3.63, 3.8) is 0 Å². The topological polar surface area (TPSA) is 84.5 Å². The number of fused-ring (bicyclic) bond motifs is 1. The van der Waals surface area contributed by atoms with E-state index in [1.165, 1.54) is 24.8 Å². The molecular weight excluding hydrogens is 390 g/mol. The van der Waals surface area contributed by atoms with Gasteiger partial charge in [0, 0.05) is 16.6 Å². The normalized spacial score (nSPS) is 16.5. The monoisotopic (exact) mass is 406 g/mol. The van der Waals surface area contributed by atoms with Gasteiger partial charge < -0.3 is 15.4 Å². The number of nitrogens with one attached hydrogen (secondary N) is 2. The predicted octanol–water partition coefficient (Wildman–Crippen LogP) is 3.34. The third kappa shape index (κ3) is 4.66. The Bertz CT molecular complexity index is 938. The molecule has 0 unspecified atom stereocenters. The Morgan fingerprint density at radius 1 is 1.21 bits per heavy atom. The van der Waals surface area contributed by atoms with Crippen LogP contribution in [-0.2, 0) is 19.1 Å². The fourth-order valence-electron chi connectivity index (χ4n) is 2.49. The van der Waals surface area contributed by atoms with Gasteiger partial charge in [-0.1, -0.05) is 12.1 Å². The van der Waals surface area contributed by atoms with Crippen LogP contribution >= 0.6 is 11.8 Å². The molecule has 0 saturated carbocycles. The molecule has 28 heavy (non-hydrogen) atoms. The summed E-state index contributed by atoms with van der Waals surface area (Å²) in [4.78, 5) is 37.2. The molecule has 0 aromatic heterocycles. The number of halogens is 2. The molecule has 6 nitrogen and oxygen atoms in total. The number of ether oxygens (including phenoxy) is 1. The molecule has 2 N–H and O–H groups in total. The van der Waals surface area contributed by atoms with Crippen molar-refractivity contribution in [3.8, 4) is 0 Å². The van der Waals surface area contributed by atoms with Crippen LogP contribution in [0.5, 0.6) is 0 Å². The number of para-hydroxylation sites is 1. The van der Waals surface area contributed by atoms with E-state index in [1.54, 1.807) is 12.1 Å². The summed E-state index contributed by atoms with van der Waals surface area (Å²) in [6.07, 6.45) is -1.39. The summed E-state index contributed by atoms with van der Waals surface area (Å²) in [6, 6.07) is 10.1. The van der Waals surface area contributed by atoms with Gasteiger partial charge in [-0.2, -0.15) is 0 Å². The molecule has 2 amide bonds. The Morgan fingerprint density at radius 2 is 1.96 bits per heavy atom. The molecule has 2 atom stereocenters. The summed E-state index contributed by atoms with van der Waals surface area (Å²) in [5.74, 6) is -3.89. The molecule has 2 aromatic carbocycles. The lowest BCUT2D eigenvalue weighted by atomic mass is 10.2. The van der Waals surface area contributed by atoms with Crippen LogP contribution in [-0.4, -0.2) is 29.1 Å². The van der Waals surface area contributed by atoms with Crippen molar-refractivity contribution in [1.29, 1.82) is 0 Å². The van der Waals surface area contributed by atoms with Gasteiger partial charge in [-0.15, -0.1) is 11.8 Å². The fourth-order valence-corrected chi connectivity index (χ4v) is 3.59. The van der Waals surface area contributed by atoms with Gasteiger partial charge in [0.2, 0.25) is 5.91 Å². The second-order valence-corrected chi connectivity index (χ2v) is 7.29. The number of hydrogen-bond donors (Lipinski definition) is 2. The van der Waals surface area contributed by atoms with E-state index in [4.69, 9.17) is 4.74 Å². The second kappa shape index (κ2) is 8.39. The molecule has 0 saturated heterocycles. The molecule has 1 aliphatic rings. The minimum Gasteiger partial charge on any atom is -0.452 e. The molecule has 3 rings (SSSR count). The van der Waals surface area contributed by atoms with Gasteiger partial charge in [0.25, 0.3) is 5.91 Å². The number of thioether (sulfide) groups is 1. The van der Waals surface area contributed by atoms with Crippen molar-refractivity contribution in [2.45, 2.75) is 29.6 Å². The van der Waals surface area contributed by atoms with E-state index in [9.17, 15) is 23.2 Å². The van der Waals surface area contributed by atoms with Crippen LogP contribution in [0.4, 0.5) is 20.2 Å². The minimum absolute atomic E-state index is 0.0330. The van der Waals surface area contributed by atoms with E-state index in [1.807, 2.05) is 12.1 Å². The summed E-state index contributed by atoms with van der Waals surface area (Å²) >= 11 is 1.24. The number of esters is 1. The molecule has 9 heteroatoms. The quantitative estimate of drug-likeness (QED) is 0.744. The Morgan fingerprint density at radius 3 is 2.71 bits per heavy atom. The van der Waals surface area contributed by atoms with Gasteiger partial charge in [-0.3, -0.25) is 14.4 Å². The average Bonchev–Trinajstić information content (AvgIpc) is 2.65. The lowest BCUT2D eigenvalue weighted by Crippen LogP contribution is -2.34. The highest BCUT2D eigenvalue weighted by atomic mass is 32.2. The summed E-state index contributed by atoms with van der Waals surface area (Å²) in [5.41, 5.74) is 0.715. The summed E-state index contributed by atoms with van der Waals surface area (Å²) in [7, 11) is 0. The van der Waals surface area contributed by atoms with Crippen molar-refractivity contribution in [3.05, 3.63) is 54.1 Å². The third-order valence-corrected chi connectivity index (χ3v) is 5.20. The van der Waals surface area contributed by atoms with E-state index in [2.05, 4.69) is 10.6 Å². The van der Waals surface area contributed by atoms with Crippen LogP contribution in [0.1, 0.15) is 13.3 Å². The van der Waals surface area contributed by atoms with E-state index < -0.39 is 34.9 Å². The summed E-state index contributed by atoms with van der Waals surface area (Å²) in [6.45, 7) is 1.34. The molecule has 0 spiro atoms. The second-order valence-electron chi connectivity index (χ2n) is 6.05. The van der Waals surface area contributed by atoms with E-state index in [0.29, 0.717) is 5.69 Å². The van der Waals surface area contributed by atoms with Crippen LogP contribution < -0.4 is 10.6 Å². The molecule has 146 valence electrons. The lowest BCUT2D eigenvalue weighted by molar-refractivity contribution is -0.153. The molecule has 1 heterocycles. The number of carbonyl (C=O) groups excluding carboxylic acids is 3. The first-order chi connectivity index (χ1) is 13.3. The zero-order valence-electron chi connectivity index (χ0n) is 14.7. The van der Waals surface area contributed by atoms with Gasteiger partial charge in [-0.05, 0) is 31.2 Å². The van der Waals surface area contributed by atoms with Gasteiger partial charge >= 0.3 is 5.97 Å². The fraction of sp³-hybridized carbons (Fsp3) is 0.211. The van der Waals surface area contributed by atoms with Crippen molar-refractivity contribution < 1.29 is 27.9 Å². The molecule has 0 aliphatic carbocycles. The zero-order chi connectivity index (χ0) is 20.3. The predicted molar refractivity (Wildman–Crippen MR) is 99.9 cm³/mol. The van der Waals surface area contributed by atoms with E-state index >= 15 is 0 Å². The first-order valence-electron chi connectivity index (χ1n) is 8.35. The van der Waals surface area contributed by atoms with Crippen LogP contribution in [0.2, 0.25) is 0 Å². The number of amides is 2. The smallest absolute Gasteiger partial charge is 0.308 e. The van der Waals surface area contributed by atoms with Crippen LogP contribution in [0, 0.1) is 11.6 Å². The first kappa shape index (κ1) is 19.8. The van der Waals surface area contributed by atoms with Crippen molar-refractivity contribution in [2.75, 3.05) is 10.6 Å². The third-order valence-electron chi connectivity index (χ3n) is 3.92. The van der Waals surface area contributed by atoms with Crippen molar-refractivity contribution >= 4 is 40.9 Å². The largest absolute Gasteiger partial charge is 0.452 e. The van der Waals surface area contributed by atoms with Gasteiger partial charge in [-0.25, -0.2) is 8.78 Å².